The lowest BCUT2D eigenvalue weighted by Gasteiger charge is -2.69. The standard InChI is InChI=1S/C46H63N5O8/c1-29-33(31-13-15-36(48-37(31)39(54)58-41(2,3)4)50-17-16-30-34(21-50)32(38(52)53)12-14-35(30)56-11)20-47-51(29)28-45-23-43(8)22-44(9,24-45)26-46(25-43,27-45)57-19-18-49(10)40(55)59-42(5,6)7/h12-15,20H,16-19,21-28H2,1-11H3,(H,52,53). The minimum atomic E-state index is -1.00. The molecule has 59 heavy (non-hydrogen) atoms. The number of amides is 1. The number of ether oxygens (including phenoxy) is 4. The first-order chi connectivity index (χ1) is 27.4. The van der Waals surface area contributed by atoms with Crippen molar-refractivity contribution in [2.45, 2.75) is 137 Å². The number of benzene rings is 1. The molecular formula is C46H63N5O8. The van der Waals surface area contributed by atoms with Crippen LogP contribution in [-0.2, 0) is 33.7 Å². The highest BCUT2D eigenvalue weighted by Crippen LogP contribution is 2.72. The van der Waals surface area contributed by atoms with Gasteiger partial charge in [-0.1, -0.05) is 13.8 Å². The predicted molar refractivity (Wildman–Crippen MR) is 224 cm³/mol. The molecule has 5 aliphatic rings. The summed E-state index contributed by atoms with van der Waals surface area (Å²) in [5.74, 6) is -0.316. The van der Waals surface area contributed by atoms with Gasteiger partial charge in [0, 0.05) is 55.6 Å². The van der Waals surface area contributed by atoms with Crippen LogP contribution in [0.5, 0.6) is 5.75 Å². The molecule has 4 saturated carbocycles. The van der Waals surface area contributed by atoms with Gasteiger partial charge in [0.2, 0.25) is 0 Å². The van der Waals surface area contributed by atoms with E-state index in [-0.39, 0.29) is 39.2 Å². The molecular weight excluding hydrogens is 751 g/mol. The monoisotopic (exact) mass is 813 g/mol. The lowest BCUT2D eigenvalue weighted by Crippen LogP contribution is -2.64. The van der Waals surface area contributed by atoms with Crippen molar-refractivity contribution < 1.29 is 38.4 Å². The van der Waals surface area contributed by atoms with Crippen LogP contribution in [0.25, 0.3) is 11.1 Å². The van der Waals surface area contributed by atoms with E-state index in [2.05, 4.69) is 25.5 Å². The lowest BCUT2D eigenvalue weighted by atomic mass is 9.39. The van der Waals surface area contributed by atoms with E-state index < -0.39 is 23.1 Å². The van der Waals surface area contributed by atoms with Crippen molar-refractivity contribution in [1.82, 2.24) is 19.7 Å². The fraction of sp³-hybridized carbons (Fsp3) is 0.630. The Morgan fingerprint density at radius 3 is 2.19 bits per heavy atom. The van der Waals surface area contributed by atoms with Crippen molar-refractivity contribution in [3.05, 3.63) is 58.5 Å². The second kappa shape index (κ2) is 14.8. The van der Waals surface area contributed by atoms with Crippen molar-refractivity contribution in [2.24, 2.45) is 16.2 Å². The number of hydrogen-bond donors (Lipinski definition) is 1. The zero-order valence-electron chi connectivity index (χ0n) is 36.9. The van der Waals surface area contributed by atoms with Crippen LogP contribution >= 0.6 is 0 Å². The van der Waals surface area contributed by atoms with Crippen molar-refractivity contribution in [2.75, 3.05) is 38.8 Å². The smallest absolute Gasteiger partial charge is 0.410 e. The van der Waals surface area contributed by atoms with Gasteiger partial charge in [-0.05, 0) is 139 Å². The number of pyridine rings is 1. The lowest BCUT2D eigenvalue weighted by molar-refractivity contribution is -0.248. The molecule has 4 bridgehead atoms. The van der Waals surface area contributed by atoms with E-state index in [4.69, 9.17) is 29.0 Å². The Morgan fingerprint density at radius 1 is 0.881 bits per heavy atom. The predicted octanol–water partition coefficient (Wildman–Crippen LogP) is 8.48. The number of carbonyl (C=O) groups excluding carboxylic acids is 2. The zero-order valence-corrected chi connectivity index (χ0v) is 36.9. The van der Waals surface area contributed by atoms with Gasteiger partial charge < -0.3 is 33.9 Å². The Kier molecular flexibility index (Phi) is 10.7. The highest BCUT2D eigenvalue weighted by atomic mass is 16.6. The number of anilines is 1. The summed E-state index contributed by atoms with van der Waals surface area (Å²) < 4.78 is 26.1. The van der Waals surface area contributed by atoms with Crippen LogP contribution in [0.4, 0.5) is 10.6 Å². The van der Waals surface area contributed by atoms with Crippen molar-refractivity contribution in [3.8, 4) is 16.9 Å². The number of carboxylic acids is 1. The average Bonchev–Trinajstić information content (AvgIpc) is 3.45. The molecule has 0 saturated heterocycles. The van der Waals surface area contributed by atoms with Gasteiger partial charge in [-0.25, -0.2) is 19.4 Å². The maximum atomic E-state index is 14.0. The first kappa shape index (κ1) is 42.5. The third kappa shape index (κ3) is 8.67. The van der Waals surface area contributed by atoms with E-state index in [1.54, 1.807) is 31.2 Å². The number of carbonyl (C=O) groups is 3. The molecule has 0 spiro atoms. The van der Waals surface area contributed by atoms with Crippen LogP contribution in [0.2, 0.25) is 0 Å². The number of esters is 1. The molecule has 1 amide bonds. The number of rotatable bonds is 11. The quantitative estimate of drug-likeness (QED) is 0.186. The van der Waals surface area contributed by atoms with Crippen LogP contribution in [0.3, 0.4) is 0 Å². The Morgan fingerprint density at radius 2 is 1.56 bits per heavy atom. The highest BCUT2D eigenvalue weighted by Gasteiger charge is 2.66. The topological polar surface area (TPSA) is 146 Å². The Hall–Kier alpha value is -4.65. The molecule has 1 aliphatic heterocycles. The van der Waals surface area contributed by atoms with Crippen LogP contribution in [-0.4, -0.2) is 93.5 Å². The molecule has 3 heterocycles. The molecule has 1 N–H and O–H groups in total. The second-order valence-corrected chi connectivity index (χ2v) is 20.7. The molecule has 2 aromatic heterocycles. The summed E-state index contributed by atoms with van der Waals surface area (Å²) in [5, 5.41) is 15.0. The maximum absolute atomic E-state index is 14.0. The Bertz CT molecular complexity index is 2130. The zero-order chi connectivity index (χ0) is 42.9. The molecule has 3 aromatic rings. The molecule has 2 unspecified atom stereocenters. The second-order valence-electron chi connectivity index (χ2n) is 20.7. The fourth-order valence-corrected chi connectivity index (χ4v) is 11.7. The molecule has 4 fully saturated rings. The summed E-state index contributed by atoms with van der Waals surface area (Å²) in [4.78, 5) is 47.5. The molecule has 4 aliphatic carbocycles. The van der Waals surface area contributed by atoms with E-state index >= 15 is 0 Å². The Labute approximate surface area is 348 Å². The van der Waals surface area contributed by atoms with Gasteiger partial charge in [0.25, 0.3) is 0 Å². The molecule has 320 valence electrons. The van der Waals surface area contributed by atoms with Crippen molar-refractivity contribution in [1.29, 1.82) is 0 Å². The van der Waals surface area contributed by atoms with Gasteiger partial charge in [0.1, 0.15) is 22.8 Å². The third-order valence-electron chi connectivity index (χ3n) is 12.7. The average molecular weight is 814 g/mol. The maximum Gasteiger partial charge on any atom is 0.410 e. The third-order valence-corrected chi connectivity index (χ3v) is 12.7. The van der Waals surface area contributed by atoms with Crippen LogP contribution < -0.4 is 9.64 Å². The van der Waals surface area contributed by atoms with Gasteiger partial charge in [-0.15, -0.1) is 0 Å². The van der Waals surface area contributed by atoms with E-state index in [9.17, 15) is 19.5 Å². The van der Waals surface area contributed by atoms with Crippen LogP contribution in [0, 0.1) is 23.2 Å². The minimum absolute atomic E-state index is 0.0402. The summed E-state index contributed by atoms with van der Waals surface area (Å²) >= 11 is 0. The van der Waals surface area contributed by atoms with Gasteiger partial charge in [0.15, 0.2) is 5.69 Å². The summed E-state index contributed by atoms with van der Waals surface area (Å²) in [6.07, 6.45) is 8.31. The first-order valence-corrected chi connectivity index (χ1v) is 21.0. The normalized spacial score (nSPS) is 26.1. The molecule has 2 atom stereocenters. The van der Waals surface area contributed by atoms with Crippen LogP contribution in [0.15, 0.2) is 30.5 Å². The van der Waals surface area contributed by atoms with Gasteiger partial charge in [0.05, 0.1) is 31.1 Å². The number of methoxy groups -OCH3 is 1. The molecule has 0 radical (unpaired) electrons. The molecule has 13 heteroatoms. The van der Waals surface area contributed by atoms with Gasteiger partial charge in [-0.2, -0.15) is 5.10 Å². The van der Waals surface area contributed by atoms with E-state index in [0.717, 1.165) is 55.5 Å². The number of aromatic nitrogens is 3. The Balaban J connectivity index is 1.16. The number of likely N-dealkylation sites (N-methyl/N-ethyl adjacent to an activating group) is 1. The molecule has 8 rings (SSSR count). The number of hydrogen-bond acceptors (Lipinski definition) is 10. The van der Waals surface area contributed by atoms with Crippen molar-refractivity contribution >= 4 is 23.8 Å². The minimum Gasteiger partial charge on any atom is -0.496 e. The molecule has 13 nitrogen and oxygen atoms in total. The number of fused-ring (bicyclic) bond motifs is 1. The van der Waals surface area contributed by atoms with Crippen molar-refractivity contribution in [3.63, 3.8) is 0 Å². The van der Waals surface area contributed by atoms with Gasteiger partial charge >= 0.3 is 18.0 Å². The van der Waals surface area contributed by atoms with Crippen LogP contribution in [0.1, 0.15) is 132 Å². The summed E-state index contributed by atoms with van der Waals surface area (Å²) in [7, 11) is 3.35. The summed E-state index contributed by atoms with van der Waals surface area (Å²) in [6, 6.07) is 7.10. The number of aromatic carboxylic acids is 1. The summed E-state index contributed by atoms with van der Waals surface area (Å²) in [5.41, 5.74) is 2.96. The van der Waals surface area contributed by atoms with E-state index in [1.165, 1.54) is 6.42 Å². The highest BCUT2D eigenvalue weighted by molar-refractivity contribution is 5.96. The number of carboxylic acid groups (broad SMARTS) is 1. The fourth-order valence-electron chi connectivity index (χ4n) is 11.7. The largest absolute Gasteiger partial charge is 0.496 e. The summed E-state index contributed by atoms with van der Waals surface area (Å²) in [6.45, 7) is 20.5. The van der Waals surface area contributed by atoms with Gasteiger partial charge in [-0.3, -0.25) is 4.68 Å². The van der Waals surface area contributed by atoms with E-state index in [0.29, 0.717) is 55.4 Å². The SMILES string of the molecule is COc1ccc(C(=O)O)c2c1CCN(c1ccc(-c3cnn(CC45CC6(C)CC(C)(C4)CC(OCCN(C)C(=O)OC(C)(C)C)(C6)C5)c3C)c(C(=O)OC(C)(C)C)n1)C2. The molecule has 1 aromatic carbocycles. The number of nitrogens with zero attached hydrogens (tertiary/aromatic N) is 5. The van der Waals surface area contributed by atoms with E-state index in [1.807, 2.05) is 64.8 Å². The first-order valence-electron chi connectivity index (χ1n) is 21.0.